The monoisotopic (exact) mass is 419 g/mol. The van der Waals surface area contributed by atoms with Crippen LogP contribution in [0.25, 0.3) is 10.9 Å². The van der Waals surface area contributed by atoms with E-state index in [9.17, 15) is 4.79 Å². The van der Waals surface area contributed by atoms with Gasteiger partial charge in [0.25, 0.3) is 5.91 Å². The van der Waals surface area contributed by atoms with E-state index in [1.807, 2.05) is 24.3 Å². The van der Waals surface area contributed by atoms with Gasteiger partial charge in [-0.05, 0) is 18.2 Å². The third kappa shape index (κ3) is 4.37. The van der Waals surface area contributed by atoms with Crippen LogP contribution in [-0.2, 0) is 6.61 Å². The fourth-order valence-electron chi connectivity index (χ4n) is 3.19. The van der Waals surface area contributed by atoms with E-state index >= 15 is 0 Å². The number of carbonyl (C=O) groups is 1. The molecule has 31 heavy (non-hydrogen) atoms. The number of rotatable bonds is 8. The molecule has 8 heteroatoms. The number of fused-ring (bicyclic) bond motifs is 1. The lowest BCUT2D eigenvalue weighted by Gasteiger charge is -2.14. The Labute approximate surface area is 178 Å². The van der Waals surface area contributed by atoms with E-state index in [0.29, 0.717) is 29.4 Å². The molecule has 0 fully saturated rings. The minimum atomic E-state index is -0.579. The van der Waals surface area contributed by atoms with Gasteiger partial charge < -0.3 is 29.7 Å². The quantitative estimate of drug-likeness (QED) is 0.439. The van der Waals surface area contributed by atoms with Crippen molar-refractivity contribution in [3.8, 4) is 17.2 Å². The molecule has 158 valence electrons. The molecule has 0 atom stereocenters. The summed E-state index contributed by atoms with van der Waals surface area (Å²) in [6.45, 7) is 0.364. The van der Waals surface area contributed by atoms with Crippen LogP contribution in [0.1, 0.15) is 15.9 Å². The molecule has 0 saturated heterocycles. The molecule has 0 unspecified atom stereocenters. The second kappa shape index (κ2) is 8.66. The molecule has 2 aromatic carbocycles. The predicted molar refractivity (Wildman–Crippen MR) is 116 cm³/mol. The highest BCUT2D eigenvalue weighted by atomic mass is 16.5. The highest BCUT2D eigenvalue weighted by molar-refractivity contribution is 6.03. The first kappa shape index (κ1) is 20.1. The molecule has 8 nitrogen and oxygen atoms in total. The standard InChI is InChI=1S/C23H21N3O5/c1-28-16-7-15(8-17(9-16)31-13-14-4-6-30-12-14)26-20-3-5-25-21-11-22(29-2)19(23(24)27)10-18(20)21/h3-12H,13H2,1-2H3,(H2,24,27)(H,25,26). The first-order chi connectivity index (χ1) is 15.1. The number of furan rings is 1. The second-order valence-electron chi connectivity index (χ2n) is 6.73. The molecule has 0 bridgehead atoms. The van der Waals surface area contributed by atoms with Gasteiger partial charge in [-0.2, -0.15) is 0 Å². The Morgan fingerprint density at radius 1 is 1.10 bits per heavy atom. The maximum Gasteiger partial charge on any atom is 0.252 e. The van der Waals surface area contributed by atoms with E-state index in [4.69, 9.17) is 24.4 Å². The molecule has 0 spiro atoms. The Morgan fingerprint density at radius 3 is 2.65 bits per heavy atom. The van der Waals surface area contributed by atoms with Crippen molar-refractivity contribution in [2.24, 2.45) is 5.73 Å². The number of anilines is 2. The molecule has 3 N–H and O–H groups in total. The van der Waals surface area contributed by atoms with Crippen molar-refractivity contribution in [2.45, 2.75) is 6.61 Å². The van der Waals surface area contributed by atoms with Crippen LogP contribution in [0.15, 0.2) is 65.6 Å². The molecule has 2 aromatic heterocycles. The van der Waals surface area contributed by atoms with Gasteiger partial charge in [0, 0.05) is 52.8 Å². The normalized spacial score (nSPS) is 10.6. The van der Waals surface area contributed by atoms with Crippen LogP contribution in [-0.4, -0.2) is 25.1 Å². The zero-order chi connectivity index (χ0) is 21.8. The highest BCUT2D eigenvalue weighted by Crippen LogP contribution is 2.33. The molecule has 0 aliphatic heterocycles. The van der Waals surface area contributed by atoms with Crippen LogP contribution < -0.4 is 25.3 Å². The van der Waals surface area contributed by atoms with Crippen LogP contribution in [0, 0.1) is 0 Å². The molecule has 0 aliphatic carbocycles. The number of carbonyl (C=O) groups excluding carboxylic acids is 1. The van der Waals surface area contributed by atoms with Crippen molar-refractivity contribution in [3.63, 3.8) is 0 Å². The maximum absolute atomic E-state index is 11.9. The molecule has 0 saturated carbocycles. The van der Waals surface area contributed by atoms with Gasteiger partial charge in [0.1, 0.15) is 23.9 Å². The smallest absolute Gasteiger partial charge is 0.252 e. The number of ether oxygens (including phenoxy) is 3. The number of nitrogens with two attached hydrogens (primary N) is 1. The van der Waals surface area contributed by atoms with Gasteiger partial charge in [0.05, 0.1) is 37.8 Å². The van der Waals surface area contributed by atoms with Gasteiger partial charge in [-0.25, -0.2) is 0 Å². The zero-order valence-corrected chi connectivity index (χ0v) is 17.0. The zero-order valence-electron chi connectivity index (χ0n) is 17.0. The van der Waals surface area contributed by atoms with Gasteiger partial charge in [-0.3, -0.25) is 9.78 Å². The van der Waals surface area contributed by atoms with Gasteiger partial charge in [-0.1, -0.05) is 0 Å². The minimum Gasteiger partial charge on any atom is -0.497 e. The predicted octanol–water partition coefficient (Wildman–Crippen LogP) is 4.27. The fraction of sp³-hybridized carbons (Fsp3) is 0.130. The molecule has 1 amide bonds. The number of benzene rings is 2. The summed E-state index contributed by atoms with van der Waals surface area (Å²) >= 11 is 0. The number of aromatic nitrogens is 1. The maximum atomic E-state index is 11.9. The summed E-state index contributed by atoms with van der Waals surface area (Å²) in [6, 6.07) is 12.5. The molecule has 4 aromatic rings. The molecular weight excluding hydrogens is 398 g/mol. The van der Waals surface area contributed by atoms with Gasteiger partial charge >= 0.3 is 0 Å². The first-order valence-electron chi connectivity index (χ1n) is 9.44. The van der Waals surface area contributed by atoms with E-state index in [-0.39, 0.29) is 5.56 Å². The lowest BCUT2D eigenvalue weighted by atomic mass is 10.1. The fourth-order valence-corrected chi connectivity index (χ4v) is 3.19. The van der Waals surface area contributed by atoms with Crippen molar-refractivity contribution in [1.29, 1.82) is 0 Å². The molecule has 2 heterocycles. The van der Waals surface area contributed by atoms with Crippen LogP contribution in [0.2, 0.25) is 0 Å². The lowest BCUT2D eigenvalue weighted by Crippen LogP contribution is -2.12. The third-order valence-electron chi connectivity index (χ3n) is 4.71. The van der Waals surface area contributed by atoms with Gasteiger partial charge in [0.15, 0.2) is 0 Å². The number of hydrogen-bond acceptors (Lipinski definition) is 7. The Kier molecular flexibility index (Phi) is 5.61. The SMILES string of the molecule is COc1cc(Nc2ccnc3cc(OC)c(C(N)=O)cc23)cc(OCc2ccoc2)c1. The average Bonchev–Trinajstić information content (AvgIpc) is 3.30. The summed E-state index contributed by atoms with van der Waals surface area (Å²) in [7, 11) is 3.07. The number of amides is 1. The molecule has 0 aliphatic rings. The van der Waals surface area contributed by atoms with Crippen LogP contribution in [0.4, 0.5) is 11.4 Å². The van der Waals surface area contributed by atoms with Crippen molar-refractivity contribution >= 4 is 28.2 Å². The summed E-state index contributed by atoms with van der Waals surface area (Å²) in [5.74, 6) is 1.05. The topological polar surface area (TPSA) is 109 Å². The highest BCUT2D eigenvalue weighted by Gasteiger charge is 2.14. The van der Waals surface area contributed by atoms with Crippen molar-refractivity contribution < 1.29 is 23.4 Å². The summed E-state index contributed by atoms with van der Waals surface area (Å²) < 4.78 is 21.6. The summed E-state index contributed by atoms with van der Waals surface area (Å²) in [5, 5.41) is 4.07. The summed E-state index contributed by atoms with van der Waals surface area (Å²) in [6.07, 6.45) is 4.90. The molecule has 0 radical (unpaired) electrons. The van der Waals surface area contributed by atoms with Crippen molar-refractivity contribution in [3.05, 3.63) is 72.3 Å². The largest absolute Gasteiger partial charge is 0.497 e. The third-order valence-corrected chi connectivity index (χ3v) is 4.71. The minimum absolute atomic E-state index is 0.279. The number of nitrogens with zero attached hydrogens (tertiary/aromatic N) is 1. The Balaban J connectivity index is 1.68. The van der Waals surface area contributed by atoms with E-state index in [0.717, 1.165) is 22.3 Å². The number of nitrogens with one attached hydrogen (secondary N) is 1. The molecule has 4 rings (SSSR count). The Hall–Kier alpha value is -4.20. The van der Waals surface area contributed by atoms with Gasteiger partial charge in [0.2, 0.25) is 0 Å². The van der Waals surface area contributed by atoms with E-state index in [1.165, 1.54) is 7.11 Å². The van der Waals surface area contributed by atoms with Crippen molar-refractivity contribution in [2.75, 3.05) is 19.5 Å². The Bertz CT molecular complexity index is 1220. The second-order valence-corrected chi connectivity index (χ2v) is 6.73. The lowest BCUT2D eigenvalue weighted by molar-refractivity contribution is 0.0997. The first-order valence-corrected chi connectivity index (χ1v) is 9.44. The molecular formula is C23H21N3O5. The van der Waals surface area contributed by atoms with E-state index in [2.05, 4.69) is 10.3 Å². The summed E-state index contributed by atoms with van der Waals surface area (Å²) in [5.41, 5.74) is 8.86. The van der Waals surface area contributed by atoms with Crippen molar-refractivity contribution in [1.82, 2.24) is 4.98 Å². The van der Waals surface area contributed by atoms with Crippen LogP contribution in [0.5, 0.6) is 17.2 Å². The number of primary amides is 1. The van der Waals surface area contributed by atoms with E-state index < -0.39 is 5.91 Å². The van der Waals surface area contributed by atoms with E-state index in [1.54, 1.807) is 44.0 Å². The van der Waals surface area contributed by atoms with Crippen LogP contribution in [0.3, 0.4) is 0 Å². The number of hydrogen-bond donors (Lipinski definition) is 2. The average molecular weight is 419 g/mol. The number of methoxy groups -OCH3 is 2. The van der Waals surface area contributed by atoms with Crippen LogP contribution >= 0.6 is 0 Å². The van der Waals surface area contributed by atoms with Gasteiger partial charge in [-0.15, -0.1) is 0 Å². The number of pyridine rings is 1. The Morgan fingerprint density at radius 2 is 1.94 bits per heavy atom. The summed E-state index contributed by atoms with van der Waals surface area (Å²) in [4.78, 5) is 16.2.